The fourth-order valence-corrected chi connectivity index (χ4v) is 4.72. The zero-order valence-electron chi connectivity index (χ0n) is 16.7. The Morgan fingerprint density at radius 1 is 1.17 bits per heavy atom. The fourth-order valence-electron chi connectivity index (χ4n) is 3.51. The molecule has 0 saturated carbocycles. The molecule has 154 valence electrons. The molecule has 0 spiro atoms. The van der Waals surface area contributed by atoms with Crippen LogP contribution in [0.2, 0.25) is 0 Å². The lowest BCUT2D eigenvalue weighted by Gasteiger charge is -2.26. The molecule has 1 aliphatic rings. The third-order valence-corrected chi connectivity index (χ3v) is 6.86. The van der Waals surface area contributed by atoms with Crippen LogP contribution in [0.15, 0.2) is 70.3 Å². The van der Waals surface area contributed by atoms with Gasteiger partial charge in [-0.2, -0.15) is 0 Å². The number of fused-ring (bicyclic) bond motifs is 1. The minimum absolute atomic E-state index is 0.304. The normalized spacial score (nSPS) is 15.2. The number of primary amides is 1. The number of nitrogens with zero attached hydrogens (tertiary/aromatic N) is 4. The number of carbonyl (C=O) groups is 1. The summed E-state index contributed by atoms with van der Waals surface area (Å²) >= 11 is 0. The molecule has 0 bridgehead atoms. The third-order valence-electron chi connectivity index (χ3n) is 5.09. The Labute approximate surface area is 176 Å². The van der Waals surface area contributed by atoms with Gasteiger partial charge in [-0.05, 0) is 48.2 Å². The summed E-state index contributed by atoms with van der Waals surface area (Å²) in [6.07, 6.45) is 8.57. The van der Waals surface area contributed by atoms with Gasteiger partial charge in [0, 0.05) is 47.4 Å². The molecule has 30 heavy (non-hydrogen) atoms. The maximum atomic E-state index is 12.9. The number of carbonyl (C=O) groups excluding carboxylic acids is 1. The summed E-state index contributed by atoms with van der Waals surface area (Å²) in [5, 5.41) is 0. The van der Waals surface area contributed by atoms with Gasteiger partial charge in [-0.3, -0.25) is 9.88 Å². The van der Waals surface area contributed by atoms with E-state index in [9.17, 15) is 9.00 Å². The van der Waals surface area contributed by atoms with Gasteiger partial charge in [0.25, 0.3) is 0 Å². The predicted molar refractivity (Wildman–Crippen MR) is 118 cm³/mol. The van der Waals surface area contributed by atoms with Crippen LogP contribution in [-0.4, -0.2) is 33.0 Å². The number of hydrogen-bond donors (Lipinski definition) is 1. The summed E-state index contributed by atoms with van der Waals surface area (Å²) in [6.45, 7) is 0.893. The summed E-state index contributed by atoms with van der Waals surface area (Å²) in [5.74, 6) is 0.630. The maximum Gasteiger partial charge on any atom is 0.320 e. The van der Waals surface area contributed by atoms with Gasteiger partial charge < -0.3 is 5.73 Å². The van der Waals surface area contributed by atoms with Crippen molar-refractivity contribution in [3.63, 3.8) is 0 Å². The van der Waals surface area contributed by atoms with Crippen LogP contribution in [-0.2, 0) is 22.7 Å². The quantitative estimate of drug-likeness (QED) is 0.695. The van der Waals surface area contributed by atoms with E-state index in [1.807, 2.05) is 42.5 Å². The van der Waals surface area contributed by atoms with Crippen molar-refractivity contribution in [2.75, 3.05) is 17.7 Å². The second-order valence-electron chi connectivity index (χ2n) is 7.28. The average molecular weight is 422 g/mol. The number of urea groups is 1. The van der Waals surface area contributed by atoms with Crippen molar-refractivity contribution in [1.29, 1.82) is 0 Å². The molecule has 1 unspecified atom stereocenters. The first-order valence-corrected chi connectivity index (χ1v) is 11.6. The number of amides is 2. The maximum absolute atomic E-state index is 12.9. The monoisotopic (exact) mass is 421 g/mol. The highest BCUT2D eigenvalue weighted by atomic mass is 32.2. The van der Waals surface area contributed by atoms with Gasteiger partial charge >= 0.3 is 6.03 Å². The minimum atomic E-state index is -2.48. The molecule has 2 N–H and O–H groups in total. The molecule has 3 aromatic rings. The first kappa shape index (κ1) is 20.0. The molecule has 2 amide bonds. The van der Waals surface area contributed by atoms with Gasteiger partial charge in [0.05, 0.1) is 16.3 Å². The van der Waals surface area contributed by atoms with Crippen molar-refractivity contribution < 1.29 is 9.00 Å². The smallest absolute Gasteiger partial charge is 0.320 e. The fraction of sp³-hybridized carbons (Fsp3) is 0.227. The highest BCUT2D eigenvalue weighted by Gasteiger charge is 2.22. The molecule has 1 atom stereocenters. The molecule has 4 rings (SSSR count). The molecule has 2 aromatic heterocycles. The van der Waals surface area contributed by atoms with E-state index in [0.717, 1.165) is 35.1 Å². The van der Waals surface area contributed by atoms with Crippen LogP contribution >= 0.6 is 0 Å². The van der Waals surface area contributed by atoms with Gasteiger partial charge in [-0.1, -0.05) is 18.2 Å². The number of aryl methyl sites for hydroxylation is 1. The van der Waals surface area contributed by atoms with Crippen molar-refractivity contribution in [3.8, 4) is 11.1 Å². The molecule has 8 heteroatoms. The standard InChI is InChI=1S/C22H23N5O2S/c1-30(29,20-7-3-2-4-8-20)26-13-16-10-18(14-24-12-16)19-11-17-6-5-9-27(22(23)28)21(17)25-15-19/h2-4,7-8,10-12,14-15H,5-6,9,13H2,1H3,(H2,23,28). The van der Waals surface area contributed by atoms with Crippen molar-refractivity contribution in [2.45, 2.75) is 24.3 Å². The van der Waals surface area contributed by atoms with E-state index in [2.05, 4.69) is 14.3 Å². The number of anilines is 1. The molecule has 0 fully saturated rings. The van der Waals surface area contributed by atoms with Crippen LogP contribution in [0, 0.1) is 0 Å². The summed E-state index contributed by atoms with van der Waals surface area (Å²) in [6, 6.07) is 12.8. The summed E-state index contributed by atoms with van der Waals surface area (Å²) in [5.41, 5.74) is 9.14. The van der Waals surface area contributed by atoms with Crippen LogP contribution in [0.3, 0.4) is 0 Å². The van der Waals surface area contributed by atoms with Crippen molar-refractivity contribution in [2.24, 2.45) is 10.1 Å². The molecular weight excluding hydrogens is 398 g/mol. The molecule has 7 nitrogen and oxygen atoms in total. The van der Waals surface area contributed by atoms with Gasteiger partial charge in [0.15, 0.2) is 0 Å². The van der Waals surface area contributed by atoms with Crippen LogP contribution in [0.4, 0.5) is 10.6 Å². The van der Waals surface area contributed by atoms with E-state index < -0.39 is 15.8 Å². The van der Waals surface area contributed by atoms with E-state index in [1.165, 1.54) is 4.90 Å². The Morgan fingerprint density at radius 2 is 1.93 bits per heavy atom. The Morgan fingerprint density at radius 3 is 2.70 bits per heavy atom. The summed E-state index contributed by atoms with van der Waals surface area (Å²) < 4.78 is 17.4. The Balaban J connectivity index is 1.61. The van der Waals surface area contributed by atoms with E-state index in [1.54, 1.807) is 24.8 Å². The van der Waals surface area contributed by atoms with E-state index in [4.69, 9.17) is 5.73 Å². The van der Waals surface area contributed by atoms with Gasteiger partial charge in [-0.25, -0.2) is 18.4 Å². The zero-order valence-corrected chi connectivity index (χ0v) is 17.5. The van der Waals surface area contributed by atoms with Gasteiger partial charge in [0.2, 0.25) is 0 Å². The highest BCUT2D eigenvalue weighted by molar-refractivity contribution is 7.93. The van der Waals surface area contributed by atoms with Crippen LogP contribution in [0.25, 0.3) is 11.1 Å². The van der Waals surface area contributed by atoms with Gasteiger partial charge in [0.1, 0.15) is 5.82 Å². The Bertz CT molecular complexity index is 1200. The lowest BCUT2D eigenvalue weighted by atomic mass is 10.0. The molecule has 0 aliphatic carbocycles. The van der Waals surface area contributed by atoms with Crippen LogP contribution in [0.1, 0.15) is 17.5 Å². The van der Waals surface area contributed by atoms with Gasteiger partial charge in [-0.15, -0.1) is 0 Å². The summed E-state index contributed by atoms with van der Waals surface area (Å²) in [7, 11) is -2.48. The lowest BCUT2D eigenvalue weighted by molar-refractivity contribution is 0.253. The molecular formula is C22H23N5O2S. The lowest BCUT2D eigenvalue weighted by Crippen LogP contribution is -2.40. The largest absolute Gasteiger partial charge is 0.351 e. The van der Waals surface area contributed by atoms with E-state index in [-0.39, 0.29) is 0 Å². The topological polar surface area (TPSA) is 102 Å². The van der Waals surface area contributed by atoms with Crippen LogP contribution < -0.4 is 10.6 Å². The second kappa shape index (κ2) is 8.23. The number of pyridine rings is 2. The SMILES string of the molecule is CS(=O)(=NCc1cncc(-c2cnc3c(c2)CCCN3C(N)=O)c1)c1ccccc1. The van der Waals surface area contributed by atoms with Crippen molar-refractivity contribution in [3.05, 3.63) is 72.2 Å². The first-order valence-electron chi connectivity index (χ1n) is 9.67. The molecule has 3 heterocycles. The number of nitrogens with two attached hydrogens (primary N) is 1. The van der Waals surface area contributed by atoms with E-state index in [0.29, 0.717) is 23.8 Å². The number of rotatable bonds is 4. The third kappa shape index (κ3) is 4.18. The van der Waals surface area contributed by atoms with Crippen LogP contribution in [0.5, 0.6) is 0 Å². The molecule has 0 radical (unpaired) electrons. The zero-order chi connectivity index (χ0) is 21.1. The number of benzene rings is 1. The average Bonchev–Trinajstić information content (AvgIpc) is 2.77. The van der Waals surface area contributed by atoms with E-state index >= 15 is 0 Å². The predicted octanol–water partition coefficient (Wildman–Crippen LogP) is 3.63. The summed E-state index contributed by atoms with van der Waals surface area (Å²) in [4.78, 5) is 22.7. The molecule has 0 saturated heterocycles. The second-order valence-corrected chi connectivity index (χ2v) is 9.62. The Hall–Kier alpha value is -3.26. The minimum Gasteiger partial charge on any atom is -0.351 e. The molecule has 1 aliphatic heterocycles. The van der Waals surface area contributed by atoms with Crippen molar-refractivity contribution >= 4 is 21.6 Å². The highest BCUT2D eigenvalue weighted by Crippen LogP contribution is 2.29. The number of aromatic nitrogens is 2. The Kier molecular flexibility index (Phi) is 5.50. The number of hydrogen-bond acceptors (Lipinski definition) is 5. The van der Waals surface area contributed by atoms with Crippen molar-refractivity contribution in [1.82, 2.24) is 9.97 Å². The first-order chi connectivity index (χ1) is 14.4. The molecule has 1 aromatic carbocycles.